The Bertz CT molecular complexity index is 1250. The Labute approximate surface area is 306 Å². The molecule has 3 unspecified atom stereocenters. The fourth-order valence-electron chi connectivity index (χ4n) is 3.95. The van der Waals surface area contributed by atoms with E-state index in [2.05, 4.69) is 51.8 Å². The van der Waals surface area contributed by atoms with Gasteiger partial charge in [-0.1, -0.05) is 30.3 Å². The molecular weight excluding hydrogens is 713 g/mol. The number of rotatable bonds is 29. The van der Waals surface area contributed by atoms with Crippen molar-refractivity contribution in [3.8, 4) is 0 Å². The summed E-state index contributed by atoms with van der Waals surface area (Å²) in [6.07, 6.45) is -0.676. The molecule has 0 saturated heterocycles. The summed E-state index contributed by atoms with van der Waals surface area (Å²) in [4.78, 5) is 84.0. The number of benzene rings is 1. The average Bonchev–Trinajstić information content (AvgIpc) is 3.10. The van der Waals surface area contributed by atoms with Crippen LogP contribution >= 0.6 is 25.3 Å². The first kappa shape index (κ1) is 45.1. The monoisotopic (exact) mass is 760 g/mol. The van der Waals surface area contributed by atoms with Gasteiger partial charge in [0.2, 0.25) is 35.4 Å². The molecule has 0 aliphatic heterocycles. The van der Waals surface area contributed by atoms with Crippen LogP contribution in [0.5, 0.6) is 0 Å². The fraction of sp³-hybridized carbons (Fsp3) is 0.581. The van der Waals surface area contributed by atoms with Gasteiger partial charge >= 0.3 is 5.97 Å². The lowest BCUT2D eigenvalue weighted by molar-refractivity contribution is -0.139. The highest BCUT2D eigenvalue weighted by atomic mass is 32.1. The van der Waals surface area contributed by atoms with E-state index in [1.807, 2.05) is 0 Å². The fourth-order valence-corrected chi connectivity index (χ4v) is 4.46. The van der Waals surface area contributed by atoms with Gasteiger partial charge in [0.25, 0.3) is 0 Å². The molecule has 1 aromatic rings. The number of amides is 6. The normalized spacial score (nSPS) is 12.5. The maximum absolute atomic E-state index is 13.3. The molecule has 1 aromatic carbocycles. The molecule has 0 aliphatic rings. The molecule has 0 aliphatic carbocycles. The summed E-state index contributed by atoms with van der Waals surface area (Å²) in [6, 6.07) is 5.53. The number of carboxylic acid groups (broad SMARTS) is 1. The molecule has 0 bridgehead atoms. The summed E-state index contributed by atoms with van der Waals surface area (Å²) in [5.41, 5.74) is 5.63. The second kappa shape index (κ2) is 27.7. The van der Waals surface area contributed by atoms with Gasteiger partial charge in [0.05, 0.1) is 46.1 Å². The van der Waals surface area contributed by atoms with E-state index in [-0.39, 0.29) is 83.7 Å². The largest absolute Gasteiger partial charge is 0.481 e. The number of carbonyl (C=O) groups excluding carboxylic acids is 6. The zero-order valence-corrected chi connectivity index (χ0v) is 29.9. The van der Waals surface area contributed by atoms with E-state index in [0.717, 1.165) is 5.56 Å². The highest BCUT2D eigenvalue weighted by molar-refractivity contribution is 7.80. The number of hydrogen-bond donors (Lipinski definition) is 9. The van der Waals surface area contributed by atoms with Gasteiger partial charge in [-0.15, -0.1) is 0 Å². The van der Waals surface area contributed by atoms with Crippen molar-refractivity contribution in [1.29, 1.82) is 0 Å². The van der Waals surface area contributed by atoms with Crippen LogP contribution in [-0.4, -0.2) is 142 Å². The molecule has 8 N–H and O–H groups in total. The van der Waals surface area contributed by atoms with Gasteiger partial charge in [-0.05, 0) is 5.56 Å². The SMILES string of the molecule is NC(=O)COCC(=O)NCCOCCOCCOCCNC(=O)C(CS)NC(=O)C(Cc1ccccc1)NC(=O)C(CS)NC(=O)CCC(=O)O. The van der Waals surface area contributed by atoms with Crippen LogP contribution in [0.2, 0.25) is 0 Å². The maximum atomic E-state index is 13.3. The molecule has 0 saturated carbocycles. The van der Waals surface area contributed by atoms with Crippen molar-refractivity contribution in [2.75, 3.05) is 77.5 Å². The summed E-state index contributed by atoms with van der Waals surface area (Å²) in [7, 11) is 0. The van der Waals surface area contributed by atoms with Gasteiger partial charge < -0.3 is 56.4 Å². The first-order valence-corrected chi connectivity index (χ1v) is 17.2. The standard InChI is InChI=1S/C31H48N6O12S2/c32-25(38)17-49-18-27(40)33-8-10-46-12-14-48-15-13-47-11-9-34-29(43)23(19-50)37-30(44)22(16-21-4-2-1-3-5-21)36-31(45)24(20-51)35-26(39)6-7-28(41)42/h1-5,22-24,50-51H,6-20H2,(H2,32,38)(H,33,40)(H,34,43)(H,35,39)(H,36,45)(H,37,44)(H,41,42). The van der Waals surface area contributed by atoms with E-state index in [1.54, 1.807) is 30.3 Å². The molecule has 0 aromatic heterocycles. The van der Waals surface area contributed by atoms with Crippen molar-refractivity contribution in [3.63, 3.8) is 0 Å². The average molecular weight is 761 g/mol. The van der Waals surface area contributed by atoms with Crippen molar-refractivity contribution < 1.29 is 57.6 Å². The predicted octanol–water partition coefficient (Wildman–Crippen LogP) is -2.81. The minimum absolute atomic E-state index is 0.0447. The minimum atomic E-state index is -1.16. The van der Waals surface area contributed by atoms with Crippen LogP contribution in [0.3, 0.4) is 0 Å². The number of hydrogen-bond acceptors (Lipinski definition) is 13. The molecule has 3 atom stereocenters. The number of carbonyl (C=O) groups is 7. The molecule has 0 fully saturated rings. The molecule has 18 nitrogen and oxygen atoms in total. The molecule has 1 rings (SSSR count). The lowest BCUT2D eigenvalue weighted by Gasteiger charge is -2.24. The lowest BCUT2D eigenvalue weighted by atomic mass is 10.0. The molecule has 0 spiro atoms. The van der Waals surface area contributed by atoms with E-state index in [4.69, 9.17) is 29.8 Å². The Balaban J connectivity index is 2.42. The van der Waals surface area contributed by atoms with Crippen LogP contribution in [0, 0.1) is 0 Å². The summed E-state index contributed by atoms with van der Waals surface area (Å²) in [5.74, 6) is -4.93. The Morgan fingerprint density at radius 1 is 0.627 bits per heavy atom. The van der Waals surface area contributed by atoms with Crippen molar-refractivity contribution in [2.24, 2.45) is 5.73 Å². The van der Waals surface area contributed by atoms with Crippen LogP contribution in [0.15, 0.2) is 30.3 Å². The van der Waals surface area contributed by atoms with Crippen molar-refractivity contribution in [1.82, 2.24) is 26.6 Å². The van der Waals surface area contributed by atoms with Crippen LogP contribution in [0.4, 0.5) is 0 Å². The number of nitrogens with one attached hydrogen (secondary N) is 5. The highest BCUT2D eigenvalue weighted by Gasteiger charge is 2.29. The number of ether oxygens (including phenoxy) is 4. The van der Waals surface area contributed by atoms with Gasteiger partial charge in [0.1, 0.15) is 31.3 Å². The molecule has 20 heteroatoms. The molecule has 0 heterocycles. The van der Waals surface area contributed by atoms with Crippen molar-refractivity contribution >= 4 is 66.7 Å². The molecule has 0 radical (unpaired) electrons. The number of aliphatic carboxylic acids is 1. The van der Waals surface area contributed by atoms with Gasteiger partial charge in [0.15, 0.2) is 0 Å². The zero-order chi connectivity index (χ0) is 37.9. The summed E-state index contributed by atoms with van der Waals surface area (Å²) in [5, 5.41) is 21.6. The number of nitrogens with two attached hydrogens (primary N) is 1. The Hall–Kier alpha value is -3.95. The second-order valence-electron chi connectivity index (χ2n) is 10.6. The Kier molecular flexibility index (Phi) is 24.5. The Morgan fingerprint density at radius 3 is 1.73 bits per heavy atom. The smallest absolute Gasteiger partial charge is 0.303 e. The quantitative estimate of drug-likeness (QED) is 0.0296. The Morgan fingerprint density at radius 2 is 1.16 bits per heavy atom. The van der Waals surface area contributed by atoms with Gasteiger partial charge in [-0.25, -0.2) is 0 Å². The van der Waals surface area contributed by atoms with E-state index < -0.39 is 66.0 Å². The zero-order valence-electron chi connectivity index (χ0n) is 28.1. The van der Waals surface area contributed by atoms with Gasteiger partial charge in [0, 0.05) is 37.4 Å². The maximum Gasteiger partial charge on any atom is 0.303 e. The lowest BCUT2D eigenvalue weighted by Crippen LogP contribution is -2.58. The highest BCUT2D eigenvalue weighted by Crippen LogP contribution is 2.06. The summed E-state index contributed by atoms with van der Waals surface area (Å²) >= 11 is 8.30. The minimum Gasteiger partial charge on any atom is -0.481 e. The van der Waals surface area contributed by atoms with Crippen molar-refractivity contribution in [2.45, 2.75) is 37.4 Å². The van der Waals surface area contributed by atoms with Crippen molar-refractivity contribution in [3.05, 3.63) is 35.9 Å². The van der Waals surface area contributed by atoms with E-state index >= 15 is 0 Å². The third-order valence-corrected chi connectivity index (χ3v) is 7.20. The number of thiol groups is 2. The van der Waals surface area contributed by atoms with Gasteiger partial charge in [-0.2, -0.15) is 25.3 Å². The van der Waals surface area contributed by atoms with Crippen LogP contribution in [0.1, 0.15) is 18.4 Å². The second-order valence-corrected chi connectivity index (χ2v) is 11.4. The predicted molar refractivity (Wildman–Crippen MR) is 189 cm³/mol. The molecule has 51 heavy (non-hydrogen) atoms. The summed E-state index contributed by atoms with van der Waals surface area (Å²) < 4.78 is 21.0. The third kappa shape index (κ3) is 22.5. The first-order chi connectivity index (χ1) is 24.5. The van der Waals surface area contributed by atoms with E-state index in [1.165, 1.54) is 0 Å². The molecular formula is C31H48N6O12S2. The van der Waals surface area contributed by atoms with Crippen LogP contribution in [0.25, 0.3) is 0 Å². The summed E-state index contributed by atoms with van der Waals surface area (Å²) in [6.45, 7) is 1.31. The molecule has 6 amide bonds. The molecule has 286 valence electrons. The third-order valence-electron chi connectivity index (χ3n) is 6.47. The van der Waals surface area contributed by atoms with E-state index in [0.29, 0.717) is 6.61 Å². The topological polar surface area (TPSA) is 263 Å². The number of primary amides is 1. The number of carboxylic acids is 1. The van der Waals surface area contributed by atoms with Crippen LogP contribution < -0.4 is 32.3 Å². The van der Waals surface area contributed by atoms with Gasteiger partial charge in [-0.3, -0.25) is 33.6 Å². The van der Waals surface area contributed by atoms with E-state index in [9.17, 15) is 33.6 Å². The first-order valence-electron chi connectivity index (χ1n) is 16.0. The van der Waals surface area contributed by atoms with Crippen LogP contribution in [-0.2, 0) is 58.9 Å².